The second-order valence-electron chi connectivity index (χ2n) is 8.98. The number of benzene rings is 3. The summed E-state index contributed by atoms with van der Waals surface area (Å²) in [5.74, 6) is -1.52. The minimum Gasteiger partial charge on any atom is -0.496 e. The number of ether oxygens (including phenoxy) is 2. The maximum absolute atomic E-state index is 14.2. The van der Waals surface area contributed by atoms with E-state index in [0.29, 0.717) is 17.9 Å². The number of hydrogen-bond donors (Lipinski definition) is 3. The Bertz CT molecular complexity index is 1430. The van der Waals surface area contributed by atoms with Crippen molar-refractivity contribution in [2.24, 2.45) is 0 Å². The van der Waals surface area contributed by atoms with Gasteiger partial charge in [0, 0.05) is 29.5 Å². The Morgan fingerprint density at radius 3 is 2.15 bits per heavy atom. The molecular formula is C31H35F2N3O5. The summed E-state index contributed by atoms with van der Waals surface area (Å²) in [6, 6.07) is 12.8. The van der Waals surface area contributed by atoms with Crippen LogP contribution in [0.25, 0.3) is 21.9 Å². The number of pyridine rings is 1. The maximum Gasteiger partial charge on any atom is 0.290 e. The molecule has 1 aromatic heterocycles. The van der Waals surface area contributed by atoms with Crippen molar-refractivity contribution in [3.63, 3.8) is 0 Å². The highest BCUT2D eigenvalue weighted by molar-refractivity contribution is 6.01. The first-order valence-electron chi connectivity index (χ1n) is 12.9. The molecule has 0 aliphatic carbocycles. The SMILES string of the molecule is CCC.COc1cccc(OC)c1-c1ccc(CC(C)NC(=O)c2c(F)cc(N)cc2F)c2ccncc12.O=CO. The van der Waals surface area contributed by atoms with E-state index in [4.69, 9.17) is 25.1 Å². The summed E-state index contributed by atoms with van der Waals surface area (Å²) in [5, 5.41) is 11.4. The van der Waals surface area contributed by atoms with Gasteiger partial charge in [-0.05, 0) is 60.2 Å². The molecule has 0 bridgehead atoms. The summed E-state index contributed by atoms with van der Waals surface area (Å²) in [7, 11) is 3.20. The molecule has 4 rings (SSSR count). The van der Waals surface area contributed by atoms with E-state index in [9.17, 15) is 13.6 Å². The minimum atomic E-state index is -1.00. The third kappa shape index (κ3) is 8.14. The zero-order valence-corrected chi connectivity index (χ0v) is 23.7. The van der Waals surface area contributed by atoms with Gasteiger partial charge in [-0.15, -0.1) is 0 Å². The lowest BCUT2D eigenvalue weighted by Crippen LogP contribution is -2.35. The van der Waals surface area contributed by atoms with Gasteiger partial charge in [-0.2, -0.15) is 0 Å². The van der Waals surface area contributed by atoms with Gasteiger partial charge in [0.05, 0.1) is 19.8 Å². The van der Waals surface area contributed by atoms with E-state index in [1.165, 1.54) is 6.42 Å². The van der Waals surface area contributed by atoms with Crippen molar-refractivity contribution in [2.45, 2.75) is 39.7 Å². The minimum absolute atomic E-state index is 0.0866. The number of nitrogens with zero attached hydrogens (tertiary/aromatic N) is 1. The van der Waals surface area contributed by atoms with Gasteiger partial charge in [-0.1, -0.05) is 38.5 Å². The smallest absolute Gasteiger partial charge is 0.290 e. The van der Waals surface area contributed by atoms with Crippen molar-refractivity contribution in [1.29, 1.82) is 0 Å². The van der Waals surface area contributed by atoms with Gasteiger partial charge in [-0.25, -0.2) is 8.78 Å². The van der Waals surface area contributed by atoms with E-state index in [0.717, 1.165) is 39.6 Å². The molecule has 0 aliphatic heterocycles. The number of carbonyl (C=O) groups excluding carboxylic acids is 1. The second-order valence-corrected chi connectivity index (χ2v) is 8.98. The predicted octanol–water partition coefficient (Wildman–Crippen LogP) is 6.26. The monoisotopic (exact) mass is 567 g/mol. The molecule has 10 heteroatoms. The van der Waals surface area contributed by atoms with Crippen molar-refractivity contribution in [3.05, 3.63) is 83.7 Å². The van der Waals surface area contributed by atoms with Crippen molar-refractivity contribution >= 4 is 28.8 Å². The van der Waals surface area contributed by atoms with Crippen LogP contribution in [0.15, 0.2) is 60.9 Å². The van der Waals surface area contributed by atoms with Crippen LogP contribution in [0, 0.1) is 11.6 Å². The van der Waals surface area contributed by atoms with Gasteiger partial charge < -0.3 is 25.6 Å². The fraction of sp³-hybridized carbons (Fsp3) is 0.258. The Hall–Kier alpha value is -4.73. The maximum atomic E-state index is 14.2. The van der Waals surface area contributed by atoms with E-state index in [1.807, 2.05) is 36.4 Å². The Morgan fingerprint density at radius 2 is 1.61 bits per heavy atom. The largest absolute Gasteiger partial charge is 0.496 e. The molecule has 1 unspecified atom stereocenters. The van der Waals surface area contributed by atoms with E-state index in [2.05, 4.69) is 24.1 Å². The zero-order valence-electron chi connectivity index (χ0n) is 23.7. The predicted molar refractivity (Wildman–Crippen MR) is 156 cm³/mol. The summed E-state index contributed by atoms with van der Waals surface area (Å²) in [6.45, 7) is 5.77. The van der Waals surface area contributed by atoms with Gasteiger partial charge in [-0.3, -0.25) is 14.6 Å². The molecule has 3 aromatic carbocycles. The van der Waals surface area contributed by atoms with Crippen LogP contribution in [0.2, 0.25) is 0 Å². The molecule has 1 atom stereocenters. The molecule has 0 radical (unpaired) electrons. The number of fused-ring (bicyclic) bond motifs is 1. The molecule has 4 N–H and O–H groups in total. The number of methoxy groups -OCH3 is 2. The number of carboxylic acid groups (broad SMARTS) is 1. The topological polar surface area (TPSA) is 124 Å². The second kappa shape index (κ2) is 15.8. The van der Waals surface area contributed by atoms with Crippen molar-refractivity contribution < 1.29 is 33.0 Å². The van der Waals surface area contributed by atoms with E-state index >= 15 is 0 Å². The lowest BCUT2D eigenvalue weighted by molar-refractivity contribution is -0.122. The van der Waals surface area contributed by atoms with Gasteiger partial charge in [0.2, 0.25) is 0 Å². The molecule has 0 spiro atoms. The van der Waals surface area contributed by atoms with Gasteiger partial charge in [0.1, 0.15) is 28.7 Å². The normalized spacial score (nSPS) is 10.8. The van der Waals surface area contributed by atoms with Crippen molar-refractivity contribution in [3.8, 4) is 22.6 Å². The van der Waals surface area contributed by atoms with E-state index in [-0.39, 0.29) is 12.2 Å². The Balaban J connectivity index is 0.000000901. The number of halogens is 2. The summed E-state index contributed by atoms with van der Waals surface area (Å²) in [5.41, 5.74) is 7.33. The lowest BCUT2D eigenvalue weighted by atomic mass is 9.93. The average molecular weight is 568 g/mol. The molecule has 0 saturated heterocycles. The van der Waals surface area contributed by atoms with E-state index < -0.39 is 29.1 Å². The molecule has 1 heterocycles. The van der Waals surface area contributed by atoms with Gasteiger partial charge in [0.15, 0.2) is 0 Å². The van der Waals surface area contributed by atoms with Crippen LogP contribution in [-0.4, -0.2) is 42.7 Å². The molecular weight excluding hydrogens is 532 g/mol. The molecule has 0 fully saturated rings. The molecule has 1 amide bonds. The molecule has 8 nitrogen and oxygen atoms in total. The van der Waals surface area contributed by atoms with Gasteiger partial charge in [0.25, 0.3) is 12.4 Å². The molecule has 4 aromatic rings. The van der Waals surface area contributed by atoms with Crippen LogP contribution < -0.4 is 20.5 Å². The van der Waals surface area contributed by atoms with Crippen LogP contribution in [0.4, 0.5) is 14.5 Å². The number of aromatic nitrogens is 1. The van der Waals surface area contributed by atoms with E-state index in [1.54, 1.807) is 33.5 Å². The zero-order chi connectivity index (χ0) is 30.5. The van der Waals surface area contributed by atoms with Crippen LogP contribution in [-0.2, 0) is 11.2 Å². The quantitative estimate of drug-likeness (QED) is 0.178. The number of anilines is 1. The number of amides is 1. The first-order valence-corrected chi connectivity index (χ1v) is 12.9. The van der Waals surface area contributed by atoms with Crippen LogP contribution in [0.1, 0.15) is 43.1 Å². The first-order chi connectivity index (χ1) is 19.7. The number of nitrogens with one attached hydrogen (secondary N) is 1. The fourth-order valence-corrected chi connectivity index (χ4v) is 4.25. The van der Waals surface area contributed by atoms with Crippen LogP contribution in [0.5, 0.6) is 11.5 Å². The molecule has 0 saturated carbocycles. The number of nitrogen functional groups attached to an aromatic ring is 1. The third-order valence-electron chi connectivity index (χ3n) is 5.80. The highest BCUT2D eigenvalue weighted by Gasteiger charge is 2.21. The van der Waals surface area contributed by atoms with Crippen molar-refractivity contribution in [2.75, 3.05) is 20.0 Å². The number of carbonyl (C=O) groups is 2. The van der Waals surface area contributed by atoms with Gasteiger partial charge >= 0.3 is 0 Å². The van der Waals surface area contributed by atoms with Crippen LogP contribution in [0.3, 0.4) is 0 Å². The standard InChI is InChI=1S/C27H25F2N3O3.C3H8.CH2O2/c1-15(32-27(33)26-21(28)12-17(30)13-22(26)29)11-16-7-8-19(20-14-31-10-9-18(16)20)25-23(34-2)5-4-6-24(25)35-3;1-3-2;2-1-3/h4-10,12-15H,11,30H2,1-3H3,(H,32,33);3H2,1-2H3;1H,(H,2,3). The summed E-state index contributed by atoms with van der Waals surface area (Å²) < 4.78 is 39.5. The number of rotatable bonds is 7. The van der Waals surface area contributed by atoms with Crippen molar-refractivity contribution in [1.82, 2.24) is 10.3 Å². The molecule has 0 aliphatic rings. The highest BCUT2D eigenvalue weighted by atomic mass is 19.1. The average Bonchev–Trinajstić information content (AvgIpc) is 2.93. The fourth-order valence-electron chi connectivity index (χ4n) is 4.25. The highest BCUT2D eigenvalue weighted by Crippen LogP contribution is 2.42. The molecule has 218 valence electrons. The lowest BCUT2D eigenvalue weighted by Gasteiger charge is -2.19. The third-order valence-corrected chi connectivity index (χ3v) is 5.80. The summed E-state index contributed by atoms with van der Waals surface area (Å²) >= 11 is 0. The Kier molecular flexibility index (Phi) is 12.5. The number of nitrogens with two attached hydrogens (primary N) is 1. The summed E-state index contributed by atoms with van der Waals surface area (Å²) in [6.07, 6.45) is 5.13. The van der Waals surface area contributed by atoms with Crippen LogP contribution >= 0.6 is 0 Å². The first kappa shape index (κ1) is 32.5. The Labute approximate surface area is 238 Å². The summed E-state index contributed by atoms with van der Waals surface area (Å²) in [4.78, 5) is 25.2. The number of hydrogen-bond acceptors (Lipinski definition) is 6. The molecule has 41 heavy (non-hydrogen) atoms. The Morgan fingerprint density at radius 1 is 1.05 bits per heavy atom.